The van der Waals surface area contributed by atoms with Gasteiger partial charge in [0.2, 0.25) is 5.91 Å². The van der Waals surface area contributed by atoms with E-state index in [1.54, 1.807) is 6.20 Å². The van der Waals surface area contributed by atoms with Gasteiger partial charge in [-0.3, -0.25) is 9.78 Å². The van der Waals surface area contributed by atoms with Crippen LogP contribution in [0.3, 0.4) is 0 Å². The van der Waals surface area contributed by atoms with Crippen LogP contribution in [0.25, 0.3) is 10.9 Å². The van der Waals surface area contributed by atoms with E-state index in [1.807, 2.05) is 30.3 Å². The predicted octanol–water partition coefficient (Wildman–Crippen LogP) is 4.33. The molecule has 0 unspecified atom stereocenters. The predicted molar refractivity (Wildman–Crippen MR) is 105 cm³/mol. The number of pyridine rings is 2. The fourth-order valence-corrected chi connectivity index (χ4v) is 3.17. The van der Waals surface area contributed by atoms with Gasteiger partial charge in [0.1, 0.15) is 11.3 Å². The van der Waals surface area contributed by atoms with Crippen LogP contribution < -0.4 is 10.1 Å². The molecule has 0 atom stereocenters. The number of thioether (sulfide) groups is 1. The number of nitrogens with zero attached hydrogens (tertiary/aromatic N) is 2. The van der Waals surface area contributed by atoms with Crippen LogP contribution >= 0.6 is 11.8 Å². The van der Waals surface area contributed by atoms with E-state index < -0.39 is 11.7 Å². The topological polar surface area (TPSA) is 64.1 Å². The highest BCUT2D eigenvalue weighted by Crippen LogP contribution is 2.29. The van der Waals surface area contributed by atoms with Crippen molar-refractivity contribution in [3.63, 3.8) is 0 Å². The summed E-state index contributed by atoms with van der Waals surface area (Å²) in [5.41, 5.74) is -0.0211. The standard InChI is InChI=1S/C20H18F3N3O2S/c21-20(22,23)15-7-8-18(26-12-15)29-13-17(27)24-10-3-11-28-16-6-1-4-14-5-2-9-25-19(14)16/h1-2,4-9,12H,3,10-11,13H2,(H,24,27). The van der Waals surface area contributed by atoms with E-state index in [-0.39, 0.29) is 11.7 Å². The van der Waals surface area contributed by atoms with Crippen LogP contribution in [0.2, 0.25) is 0 Å². The van der Waals surface area contributed by atoms with Gasteiger partial charge in [0, 0.05) is 24.3 Å². The third-order valence-corrected chi connectivity index (χ3v) is 4.86. The average molecular weight is 421 g/mol. The number of rotatable bonds is 8. The van der Waals surface area contributed by atoms with Gasteiger partial charge in [-0.05, 0) is 30.7 Å². The normalized spacial score (nSPS) is 11.4. The molecule has 0 aliphatic carbocycles. The number of carbonyl (C=O) groups excluding carboxylic acids is 1. The molecular weight excluding hydrogens is 403 g/mol. The molecule has 0 bridgehead atoms. The summed E-state index contributed by atoms with van der Waals surface area (Å²) in [5.74, 6) is 0.550. The molecule has 5 nitrogen and oxygen atoms in total. The maximum atomic E-state index is 12.5. The quantitative estimate of drug-likeness (QED) is 0.433. The van der Waals surface area contributed by atoms with Gasteiger partial charge in [-0.2, -0.15) is 13.2 Å². The highest BCUT2D eigenvalue weighted by atomic mass is 32.2. The van der Waals surface area contributed by atoms with Crippen LogP contribution in [0.15, 0.2) is 59.9 Å². The average Bonchev–Trinajstić information content (AvgIpc) is 2.72. The molecular formula is C20H18F3N3O2S. The maximum absolute atomic E-state index is 12.5. The van der Waals surface area contributed by atoms with E-state index in [9.17, 15) is 18.0 Å². The largest absolute Gasteiger partial charge is 0.491 e. The Bertz CT molecular complexity index is 960. The number of nitrogens with one attached hydrogen (secondary N) is 1. The molecule has 0 aliphatic heterocycles. The van der Waals surface area contributed by atoms with Crippen molar-refractivity contribution in [2.45, 2.75) is 17.6 Å². The first-order valence-electron chi connectivity index (χ1n) is 8.83. The molecule has 2 aromatic heterocycles. The van der Waals surface area contributed by atoms with Gasteiger partial charge < -0.3 is 10.1 Å². The number of carbonyl (C=O) groups is 1. The molecule has 152 valence electrons. The van der Waals surface area contributed by atoms with Gasteiger partial charge >= 0.3 is 6.18 Å². The first-order chi connectivity index (χ1) is 13.9. The van der Waals surface area contributed by atoms with E-state index in [0.29, 0.717) is 30.3 Å². The van der Waals surface area contributed by atoms with Crippen LogP contribution in [0, 0.1) is 0 Å². The van der Waals surface area contributed by atoms with E-state index in [1.165, 1.54) is 6.07 Å². The molecule has 0 saturated heterocycles. The maximum Gasteiger partial charge on any atom is 0.417 e. The molecule has 1 aromatic carbocycles. The summed E-state index contributed by atoms with van der Waals surface area (Å²) in [6.45, 7) is 0.849. The monoisotopic (exact) mass is 421 g/mol. The van der Waals surface area contributed by atoms with Crippen LogP contribution in [0.5, 0.6) is 5.75 Å². The molecule has 0 aliphatic rings. The smallest absolute Gasteiger partial charge is 0.417 e. The Morgan fingerprint density at radius 3 is 2.69 bits per heavy atom. The number of hydrogen-bond donors (Lipinski definition) is 1. The number of para-hydroxylation sites is 1. The fraction of sp³-hybridized carbons (Fsp3) is 0.250. The Morgan fingerprint density at radius 1 is 1.10 bits per heavy atom. The Hall–Kier alpha value is -2.81. The first-order valence-corrected chi connectivity index (χ1v) is 9.81. The van der Waals surface area contributed by atoms with Crippen molar-refractivity contribution in [2.24, 2.45) is 0 Å². The van der Waals surface area contributed by atoms with Gasteiger partial charge in [0.25, 0.3) is 0 Å². The Labute approximate surface area is 169 Å². The zero-order valence-electron chi connectivity index (χ0n) is 15.3. The number of ether oxygens (including phenoxy) is 1. The van der Waals surface area contributed by atoms with E-state index in [2.05, 4.69) is 15.3 Å². The zero-order valence-corrected chi connectivity index (χ0v) is 16.1. The summed E-state index contributed by atoms with van der Waals surface area (Å²) >= 11 is 1.08. The second-order valence-corrected chi connectivity index (χ2v) is 7.05. The lowest BCUT2D eigenvalue weighted by Gasteiger charge is -2.09. The third kappa shape index (κ3) is 6.08. The number of hydrogen-bond acceptors (Lipinski definition) is 5. The number of fused-ring (bicyclic) bond motifs is 1. The first kappa shape index (κ1) is 20.9. The second-order valence-electron chi connectivity index (χ2n) is 6.05. The summed E-state index contributed by atoms with van der Waals surface area (Å²) in [5, 5.41) is 4.10. The van der Waals surface area contributed by atoms with Crippen molar-refractivity contribution in [1.82, 2.24) is 15.3 Å². The van der Waals surface area contributed by atoms with Crippen LogP contribution in [0.1, 0.15) is 12.0 Å². The van der Waals surface area contributed by atoms with Crippen molar-refractivity contribution in [1.29, 1.82) is 0 Å². The lowest BCUT2D eigenvalue weighted by molar-refractivity contribution is -0.137. The van der Waals surface area contributed by atoms with Crippen molar-refractivity contribution in [3.8, 4) is 5.75 Å². The van der Waals surface area contributed by atoms with Crippen molar-refractivity contribution < 1.29 is 22.7 Å². The lowest BCUT2D eigenvalue weighted by Crippen LogP contribution is -2.27. The Morgan fingerprint density at radius 2 is 1.93 bits per heavy atom. The Kier molecular flexibility index (Phi) is 6.92. The number of aromatic nitrogens is 2. The minimum atomic E-state index is -4.42. The van der Waals surface area contributed by atoms with Crippen molar-refractivity contribution in [2.75, 3.05) is 18.9 Å². The van der Waals surface area contributed by atoms with Gasteiger partial charge in [-0.25, -0.2) is 4.98 Å². The number of halogens is 3. The summed E-state index contributed by atoms with van der Waals surface area (Å²) in [7, 11) is 0. The third-order valence-electron chi connectivity index (χ3n) is 3.91. The molecule has 0 saturated carbocycles. The van der Waals surface area contributed by atoms with E-state index in [0.717, 1.165) is 34.9 Å². The molecule has 2 heterocycles. The lowest BCUT2D eigenvalue weighted by atomic mass is 10.2. The summed E-state index contributed by atoms with van der Waals surface area (Å²) in [6.07, 6.45) is -1.34. The summed E-state index contributed by atoms with van der Waals surface area (Å²) < 4.78 is 43.2. The summed E-state index contributed by atoms with van der Waals surface area (Å²) in [6, 6.07) is 11.7. The van der Waals surface area contributed by atoms with Crippen molar-refractivity contribution in [3.05, 3.63) is 60.4 Å². The number of amides is 1. The van der Waals surface area contributed by atoms with Crippen LogP contribution in [0.4, 0.5) is 13.2 Å². The highest BCUT2D eigenvalue weighted by Gasteiger charge is 2.30. The van der Waals surface area contributed by atoms with Gasteiger partial charge in [-0.15, -0.1) is 0 Å². The SMILES string of the molecule is O=C(CSc1ccc(C(F)(F)F)cn1)NCCCOc1cccc2cccnc12. The molecule has 1 amide bonds. The van der Waals surface area contributed by atoms with E-state index >= 15 is 0 Å². The molecule has 0 radical (unpaired) electrons. The van der Waals surface area contributed by atoms with E-state index in [4.69, 9.17) is 4.74 Å². The number of benzene rings is 1. The van der Waals surface area contributed by atoms with Crippen molar-refractivity contribution >= 4 is 28.6 Å². The Balaban J connectivity index is 1.36. The molecule has 9 heteroatoms. The van der Waals surface area contributed by atoms with Gasteiger partial charge in [0.05, 0.1) is 22.9 Å². The van der Waals surface area contributed by atoms with Crippen LogP contribution in [-0.2, 0) is 11.0 Å². The fourth-order valence-electron chi connectivity index (χ4n) is 2.50. The van der Waals surface area contributed by atoms with Gasteiger partial charge in [0.15, 0.2) is 0 Å². The zero-order chi connectivity index (χ0) is 20.7. The highest BCUT2D eigenvalue weighted by molar-refractivity contribution is 7.99. The molecule has 3 rings (SSSR count). The molecule has 0 spiro atoms. The van der Waals surface area contributed by atoms with Crippen LogP contribution in [-0.4, -0.2) is 34.8 Å². The summed E-state index contributed by atoms with van der Waals surface area (Å²) in [4.78, 5) is 19.9. The molecule has 0 fully saturated rings. The second kappa shape index (κ2) is 9.60. The van der Waals surface area contributed by atoms with Gasteiger partial charge in [-0.1, -0.05) is 30.0 Å². The molecule has 1 N–H and O–H groups in total. The molecule has 3 aromatic rings. The minimum absolute atomic E-state index is 0.0759. The molecule has 29 heavy (non-hydrogen) atoms. The number of alkyl halides is 3. The minimum Gasteiger partial charge on any atom is -0.491 e.